The van der Waals surface area contributed by atoms with E-state index in [9.17, 15) is 4.79 Å². The predicted molar refractivity (Wildman–Crippen MR) is 216 cm³/mol. The molecule has 0 aromatic heterocycles. The Balaban J connectivity index is 3.18. The van der Waals surface area contributed by atoms with E-state index in [4.69, 9.17) is 4.74 Å². The number of carbonyl (C=O) groups is 1. The Morgan fingerprint density at radius 1 is 0.438 bits per heavy atom. The van der Waals surface area contributed by atoms with Crippen molar-refractivity contribution < 1.29 is 9.53 Å². The molecule has 0 aromatic rings. The third-order valence-corrected chi connectivity index (χ3v) is 10.7. The Morgan fingerprint density at radius 3 is 1.17 bits per heavy atom. The van der Waals surface area contributed by atoms with Crippen molar-refractivity contribution >= 4 is 5.97 Å². The Bertz CT molecular complexity index is 626. The third-order valence-electron chi connectivity index (χ3n) is 10.7. The van der Waals surface area contributed by atoms with Gasteiger partial charge in [-0.3, -0.25) is 4.79 Å². The number of allylic oxidation sites excluding steroid dienone is 2. The maximum absolute atomic E-state index is 12.0. The van der Waals surface area contributed by atoms with Gasteiger partial charge in [0.1, 0.15) is 0 Å². The molecular formula is C46H90O2. The van der Waals surface area contributed by atoms with Crippen LogP contribution in [0.1, 0.15) is 265 Å². The normalized spacial score (nSPS) is 12.3. The third kappa shape index (κ3) is 41.4. The van der Waals surface area contributed by atoms with Gasteiger partial charge in [-0.15, -0.1) is 0 Å². The molecule has 0 fully saturated rings. The largest absolute Gasteiger partial charge is 0.466 e. The second-order valence-corrected chi connectivity index (χ2v) is 15.6. The number of unbranched alkanes of at least 4 members (excludes halogenated alkanes) is 32. The van der Waals surface area contributed by atoms with Crippen LogP contribution in [0.25, 0.3) is 0 Å². The number of ether oxygens (including phenoxy) is 1. The van der Waals surface area contributed by atoms with Gasteiger partial charge < -0.3 is 4.74 Å². The summed E-state index contributed by atoms with van der Waals surface area (Å²) < 4.78 is 5.48. The number of hydrogen-bond acceptors (Lipinski definition) is 2. The van der Waals surface area contributed by atoms with Crippen molar-refractivity contribution in [1.29, 1.82) is 0 Å². The van der Waals surface area contributed by atoms with Crippen molar-refractivity contribution in [2.75, 3.05) is 6.61 Å². The topological polar surface area (TPSA) is 26.3 Å². The van der Waals surface area contributed by atoms with E-state index in [1.54, 1.807) is 0 Å². The summed E-state index contributed by atoms with van der Waals surface area (Å²) in [5, 5.41) is 0. The fraction of sp³-hybridized carbons (Fsp3) is 0.935. The zero-order valence-electron chi connectivity index (χ0n) is 33.6. The van der Waals surface area contributed by atoms with Crippen molar-refractivity contribution in [3.63, 3.8) is 0 Å². The lowest BCUT2D eigenvalue weighted by Crippen LogP contribution is -2.05. The number of esters is 1. The summed E-state index contributed by atoms with van der Waals surface area (Å²) in [6.07, 6.45) is 55.9. The highest BCUT2D eigenvalue weighted by Gasteiger charge is 2.03. The summed E-state index contributed by atoms with van der Waals surface area (Å²) in [5.74, 6) is 0.958. The average molecular weight is 675 g/mol. The maximum Gasteiger partial charge on any atom is 0.305 e. The lowest BCUT2D eigenvalue weighted by atomic mass is 9.99. The van der Waals surface area contributed by atoms with Crippen molar-refractivity contribution in [2.45, 2.75) is 265 Å². The Morgan fingerprint density at radius 2 is 0.771 bits per heavy atom. The van der Waals surface area contributed by atoms with Crippen LogP contribution >= 0.6 is 0 Å². The molecule has 0 spiro atoms. The molecule has 1 atom stereocenters. The van der Waals surface area contributed by atoms with Crippen molar-refractivity contribution in [3.8, 4) is 0 Å². The fourth-order valence-electron chi connectivity index (χ4n) is 6.93. The molecule has 1 unspecified atom stereocenters. The standard InChI is InChI=1S/C46H90O2/c1-4-6-7-8-9-10-11-12-13-18-22-25-28-31-34-37-40-43-46(47)48-44-41-38-35-32-29-26-23-20-17-15-14-16-19-21-24-27-30-33-36-39-42-45(3)5-2/h12-13,45H,4-11,14-44H2,1-3H3. The molecule has 0 aliphatic heterocycles. The van der Waals surface area contributed by atoms with Crippen LogP contribution < -0.4 is 0 Å². The molecule has 2 nitrogen and oxygen atoms in total. The molecule has 0 aromatic carbocycles. The van der Waals surface area contributed by atoms with Gasteiger partial charge in [-0.1, -0.05) is 232 Å². The number of hydrogen-bond donors (Lipinski definition) is 0. The molecule has 0 aliphatic carbocycles. The van der Waals surface area contributed by atoms with E-state index in [0.29, 0.717) is 13.0 Å². The van der Waals surface area contributed by atoms with E-state index in [2.05, 4.69) is 32.9 Å². The highest BCUT2D eigenvalue weighted by atomic mass is 16.5. The molecule has 2 heteroatoms. The lowest BCUT2D eigenvalue weighted by molar-refractivity contribution is -0.143. The van der Waals surface area contributed by atoms with Crippen molar-refractivity contribution in [2.24, 2.45) is 5.92 Å². The van der Waals surface area contributed by atoms with Crippen LogP contribution in [0.4, 0.5) is 0 Å². The van der Waals surface area contributed by atoms with Crippen LogP contribution in [0.2, 0.25) is 0 Å². The molecule has 0 bridgehead atoms. The molecule has 0 radical (unpaired) electrons. The molecule has 0 saturated heterocycles. The van der Waals surface area contributed by atoms with Crippen LogP contribution in [0.5, 0.6) is 0 Å². The highest BCUT2D eigenvalue weighted by molar-refractivity contribution is 5.69. The monoisotopic (exact) mass is 675 g/mol. The first-order chi connectivity index (χ1) is 23.7. The van der Waals surface area contributed by atoms with Gasteiger partial charge in [0.2, 0.25) is 0 Å². The second-order valence-electron chi connectivity index (χ2n) is 15.6. The Labute approximate surface area is 304 Å². The van der Waals surface area contributed by atoms with Crippen LogP contribution in [0, 0.1) is 5.92 Å². The van der Waals surface area contributed by atoms with Gasteiger partial charge in [0.25, 0.3) is 0 Å². The van der Waals surface area contributed by atoms with Gasteiger partial charge in [0.15, 0.2) is 0 Å². The van der Waals surface area contributed by atoms with Gasteiger partial charge in [-0.2, -0.15) is 0 Å². The highest BCUT2D eigenvalue weighted by Crippen LogP contribution is 2.17. The molecular weight excluding hydrogens is 585 g/mol. The van der Waals surface area contributed by atoms with E-state index < -0.39 is 0 Å². The van der Waals surface area contributed by atoms with Gasteiger partial charge in [0.05, 0.1) is 6.61 Å². The quantitative estimate of drug-likeness (QED) is 0.0366. The first-order valence-corrected chi connectivity index (χ1v) is 22.5. The molecule has 286 valence electrons. The SMILES string of the molecule is CCCCCCCCC=CCCCCCCCCCC(=O)OCCCCCCCCCCCCCCCCCCCCCCC(C)CC. The van der Waals surface area contributed by atoms with E-state index in [1.165, 1.54) is 225 Å². The predicted octanol–water partition coefficient (Wildman–Crippen LogP) is 16.6. The molecule has 0 aliphatic rings. The molecule has 48 heavy (non-hydrogen) atoms. The van der Waals surface area contributed by atoms with Gasteiger partial charge in [-0.25, -0.2) is 0 Å². The first kappa shape index (κ1) is 47.2. The summed E-state index contributed by atoms with van der Waals surface area (Å²) in [6, 6.07) is 0. The van der Waals surface area contributed by atoms with Crippen molar-refractivity contribution in [3.05, 3.63) is 12.2 Å². The number of rotatable bonds is 41. The summed E-state index contributed by atoms with van der Waals surface area (Å²) in [4.78, 5) is 12.0. The zero-order chi connectivity index (χ0) is 34.9. The van der Waals surface area contributed by atoms with Crippen molar-refractivity contribution in [1.82, 2.24) is 0 Å². The lowest BCUT2D eigenvalue weighted by Gasteiger charge is -2.07. The molecule has 0 rings (SSSR count). The summed E-state index contributed by atoms with van der Waals surface area (Å²) in [7, 11) is 0. The second kappa shape index (κ2) is 42.4. The minimum absolute atomic E-state index is 0.0244. The molecule has 0 N–H and O–H groups in total. The van der Waals surface area contributed by atoms with Crippen LogP contribution in [-0.2, 0) is 9.53 Å². The first-order valence-electron chi connectivity index (χ1n) is 22.5. The maximum atomic E-state index is 12.0. The smallest absolute Gasteiger partial charge is 0.305 e. The zero-order valence-corrected chi connectivity index (χ0v) is 33.6. The Hall–Kier alpha value is -0.790. The summed E-state index contributed by atoms with van der Waals surface area (Å²) in [5.41, 5.74) is 0. The Kier molecular flexibility index (Phi) is 41.7. The van der Waals surface area contributed by atoms with E-state index in [-0.39, 0.29) is 5.97 Å². The van der Waals surface area contributed by atoms with Gasteiger partial charge >= 0.3 is 5.97 Å². The average Bonchev–Trinajstić information content (AvgIpc) is 3.09. The van der Waals surface area contributed by atoms with Gasteiger partial charge in [0, 0.05) is 6.42 Å². The van der Waals surface area contributed by atoms with Gasteiger partial charge in [-0.05, 0) is 44.4 Å². The van der Waals surface area contributed by atoms with Crippen LogP contribution in [-0.4, -0.2) is 12.6 Å². The van der Waals surface area contributed by atoms with E-state index >= 15 is 0 Å². The fourth-order valence-corrected chi connectivity index (χ4v) is 6.93. The summed E-state index contributed by atoms with van der Waals surface area (Å²) in [6.45, 7) is 7.63. The van der Waals surface area contributed by atoms with E-state index in [1.807, 2.05) is 0 Å². The van der Waals surface area contributed by atoms with Crippen LogP contribution in [0.15, 0.2) is 12.2 Å². The minimum atomic E-state index is 0.0244. The number of carbonyl (C=O) groups excluding carboxylic acids is 1. The summed E-state index contributed by atoms with van der Waals surface area (Å²) >= 11 is 0. The molecule has 0 heterocycles. The van der Waals surface area contributed by atoms with Crippen LogP contribution in [0.3, 0.4) is 0 Å². The van der Waals surface area contributed by atoms with E-state index in [0.717, 1.165) is 18.8 Å². The minimum Gasteiger partial charge on any atom is -0.466 e. The molecule has 0 saturated carbocycles. The molecule has 0 amide bonds.